The second-order valence-corrected chi connectivity index (χ2v) is 6.99. The van der Waals surface area contributed by atoms with E-state index in [0.717, 1.165) is 5.56 Å². The number of carbonyl (C=O) groups is 1. The van der Waals surface area contributed by atoms with E-state index in [1.807, 2.05) is 6.07 Å². The largest absolute Gasteiger partial charge is 0.436 e. The molecule has 0 aliphatic rings. The molecular weight excluding hydrogens is 407 g/mol. The molecule has 1 aromatic heterocycles. The van der Waals surface area contributed by atoms with Crippen LogP contribution in [0.4, 0.5) is 5.69 Å². The second-order valence-electron chi connectivity index (χ2n) is 5.77. The van der Waals surface area contributed by atoms with Crippen molar-refractivity contribution in [3.05, 3.63) is 81.3 Å². The van der Waals surface area contributed by atoms with Crippen molar-refractivity contribution >= 4 is 57.5 Å². The van der Waals surface area contributed by atoms with Crippen molar-refractivity contribution in [2.24, 2.45) is 0 Å². The predicted octanol–water partition coefficient (Wildman–Crippen LogP) is 6.71. The number of amides is 1. The highest BCUT2D eigenvalue weighted by Crippen LogP contribution is 2.29. The molecule has 0 bridgehead atoms. The fraction of sp³-hybridized carbons (Fsp3) is 0. The lowest BCUT2D eigenvalue weighted by Gasteiger charge is -2.08. The standard InChI is InChI=1S/C20H11Cl3N2O2/c21-12-7-8-17-16(10-12)25-20(27-17)11-3-1-4-13(9-11)24-19(26)14-5-2-6-15(22)18(14)23/h1-10H,(H,24,26). The number of nitrogens with one attached hydrogen (secondary N) is 1. The number of hydrogen-bond acceptors (Lipinski definition) is 3. The summed E-state index contributed by atoms with van der Waals surface area (Å²) in [6.45, 7) is 0. The highest BCUT2D eigenvalue weighted by Gasteiger charge is 2.14. The van der Waals surface area contributed by atoms with Gasteiger partial charge in [0.15, 0.2) is 5.58 Å². The Kier molecular flexibility index (Phi) is 4.79. The smallest absolute Gasteiger partial charge is 0.257 e. The van der Waals surface area contributed by atoms with E-state index in [4.69, 9.17) is 39.2 Å². The van der Waals surface area contributed by atoms with E-state index in [2.05, 4.69) is 10.3 Å². The van der Waals surface area contributed by atoms with Crippen molar-refractivity contribution in [3.63, 3.8) is 0 Å². The zero-order chi connectivity index (χ0) is 19.0. The molecular formula is C20H11Cl3N2O2. The maximum Gasteiger partial charge on any atom is 0.257 e. The minimum absolute atomic E-state index is 0.212. The summed E-state index contributed by atoms with van der Waals surface area (Å²) in [7, 11) is 0. The lowest BCUT2D eigenvalue weighted by molar-refractivity contribution is 0.102. The molecule has 1 amide bonds. The van der Waals surface area contributed by atoms with Crippen molar-refractivity contribution in [2.75, 3.05) is 5.32 Å². The number of anilines is 1. The lowest BCUT2D eigenvalue weighted by Crippen LogP contribution is -2.12. The first-order chi connectivity index (χ1) is 13.0. The van der Waals surface area contributed by atoms with Gasteiger partial charge in [-0.2, -0.15) is 0 Å². The summed E-state index contributed by atoms with van der Waals surface area (Å²) in [6, 6.07) is 17.3. The maximum atomic E-state index is 12.5. The zero-order valence-electron chi connectivity index (χ0n) is 13.7. The van der Waals surface area contributed by atoms with Crippen LogP contribution in [0.15, 0.2) is 65.1 Å². The van der Waals surface area contributed by atoms with Gasteiger partial charge >= 0.3 is 0 Å². The Balaban J connectivity index is 1.64. The van der Waals surface area contributed by atoms with Crippen molar-refractivity contribution in [1.29, 1.82) is 0 Å². The van der Waals surface area contributed by atoms with Crippen LogP contribution in [0.3, 0.4) is 0 Å². The summed E-state index contributed by atoms with van der Waals surface area (Å²) < 4.78 is 5.77. The predicted molar refractivity (Wildman–Crippen MR) is 109 cm³/mol. The number of hydrogen-bond donors (Lipinski definition) is 1. The molecule has 134 valence electrons. The fourth-order valence-corrected chi connectivity index (χ4v) is 3.18. The van der Waals surface area contributed by atoms with Gasteiger partial charge < -0.3 is 9.73 Å². The molecule has 0 aliphatic heterocycles. The van der Waals surface area contributed by atoms with Crippen LogP contribution in [0, 0.1) is 0 Å². The summed E-state index contributed by atoms with van der Waals surface area (Å²) in [4.78, 5) is 17.0. The van der Waals surface area contributed by atoms with Gasteiger partial charge in [0.2, 0.25) is 5.89 Å². The van der Waals surface area contributed by atoms with E-state index in [0.29, 0.717) is 38.3 Å². The normalized spacial score (nSPS) is 10.9. The zero-order valence-corrected chi connectivity index (χ0v) is 15.9. The van der Waals surface area contributed by atoms with Crippen LogP contribution < -0.4 is 5.32 Å². The van der Waals surface area contributed by atoms with Crippen molar-refractivity contribution in [3.8, 4) is 11.5 Å². The number of nitrogens with zero attached hydrogens (tertiary/aromatic N) is 1. The fourth-order valence-electron chi connectivity index (χ4n) is 2.63. The van der Waals surface area contributed by atoms with Crippen LogP contribution in [0.1, 0.15) is 10.4 Å². The van der Waals surface area contributed by atoms with Crippen molar-refractivity contribution < 1.29 is 9.21 Å². The van der Waals surface area contributed by atoms with Gasteiger partial charge in [0.25, 0.3) is 5.91 Å². The molecule has 27 heavy (non-hydrogen) atoms. The Hall–Kier alpha value is -2.53. The van der Waals surface area contributed by atoms with Crippen LogP contribution in [-0.2, 0) is 0 Å². The van der Waals surface area contributed by atoms with Gasteiger partial charge in [-0.3, -0.25) is 4.79 Å². The molecule has 0 aliphatic carbocycles. The molecule has 0 fully saturated rings. The van der Waals surface area contributed by atoms with Gasteiger partial charge in [-0.25, -0.2) is 4.98 Å². The topological polar surface area (TPSA) is 55.1 Å². The second kappa shape index (κ2) is 7.24. The van der Waals surface area contributed by atoms with E-state index in [1.54, 1.807) is 54.6 Å². The molecule has 0 saturated carbocycles. The van der Waals surface area contributed by atoms with E-state index in [9.17, 15) is 4.79 Å². The summed E-state index contributed by atoms with van der Waals surface area (Å²) in [5.74, 6) is 0.0770. The van der Waals surface area contributed by atoms with Gasteiger partial charge in [0, 0.05) is 16.3 Å². The Morgan fingerprint density at radius 2 is 1.78 bits per heavy atom. The van der Waals surface area contributed by atoms with Gasteiger partial charge in [0.05, 0.1) is 15.6 Å². The van der Waals surface area contributed by atoms with E-state index >= 15 is 0 Å². The van der Waals surface area contributed by atoms with Crippen LogP contribution in [0.2, 0.25) is 15.1 Å². The van der Waals surface area contributed by atoms with Crippen LogP contribution in [0.25, 0.3) is 22.6 Å². The SMILES string of the molecule is O=C(Nc1cccc(-c2nc3cc(Cl)ccc3o2)c1)c1cccc(Cl)c1Cl. The van der Waals surface area contributed by atoms with Crippen molar-refractivity contribution in [1.82, 2.24) is 4.98 Å². The van der Waals surface area contributed by atoms with E-state index in [1.165, 1.54) is 0 Å². The number of oxazole rings is 1. The molecule has 0 atom stereocenters. The summed E-state index contributed by atoms with van der Waals surface area (Å²) in [6.07, 6.45) is 0. The quantitative estimate of drug-likeness (QED) is 0.403. The molecule has 0 spiro atoms. The third kappa shape index (κ3) is 3.65. The molecule has 0 saturated heterocycles. The first kappa shape index (κ1) is 17.9. The van der Waals surface area contributed by atoms with Gasteiger partial charge in [-0.1, -0.05) is 46.9 Å². The van der Waals surface area contributed by atoms with E-state index < -0.39 is 0 Å². The number of benzene rings is 3. The monoisotopic (exact) mass is 416 g/mol. The first-order valence-corrected chi connectivity index (χ1v) is 9.06. The molecule has 1 heterocycles. The molecule has 0 unspecified atom stereocenters. The average Bonchev–Trinajstić information content (AvgIpc) is 3.07. The highest BCUT2D eigenvalue weighted by molar-refractivity contribution is 6.44. The lowest BCUT2D eigenvalue weighted by atomic mass is 10.1. The number of fused-ring (bicyclic) bond motifs is 1. The van der Waals surface area contributed by atoms with Gasteiger partial charge in [-0.05, 0) is 48.5 Å². The third-order valence-electron chi connectivity index (χ3n) is 3.91. The van der Waals surface area contributed by atoms with Gasteiger partial charge in [-0.15, -0.1) is 0 Å². The molecule has 3 aromatic carbocycles. The molecule has 1 N–H and O–H groups in total. The first-order valence-electron chi connectivity index (χ1n) is 7.93. The summed E-state index contributed by atoms with van der Waals surface area (Å²) in [5.41, 5.74) is 2.89. The summed E-state index contributed by atoms with van der Waals surface area (Å²) >= 11 is 18.1. The average molecular weight is 418 g/mol. The number of aromatic nitrogens is 1. The summed E-state index contributed by atoms with van der Waals surface area (Å²) in [5, 5.41) is 3.93. The number of halogens is 3. The molecule has 7 heteroatoms. The maximum absolute atomic E-state index is 12.5. The molecule has 4 rings (SSSR count). The Morgan fingerprint density at radius 3 is 2.63 bits per heavy atom. The van der Waals surface area contributed by atoms with Gasteiger partial charge in [0.1, 0.15) is 5.52 Å². The number of carbonyl (C=O) groups excluding carboxylic acids is 1. The molecule has 0 radical (unpaired) electrons. The Bertz CT molecular complexity index is 1170. The number of rotatable bonds is 3. The Labute approximate surface area is 169 Å². The van der Waals surface area contributed by atoms with Crippen LogP contribution in [-0.4, -0.2) is 10.9 Å². The minimum atomic E-state index is -0.357. The van der Waals surface area contributed by atoms with Crippen molar-refractivity contribution in [2.45, 2.75) is 0 Å². The molecule has 4 aromatic rings. The minimum Gasteiger partial charge on any atom is -0.436 e. The highest BCUT2D eigenvalue weighted by atomic mass is 35.5. The van der Waals surface area contributed by atoms with Crippen LogP contribution in [0.5, 0.6) is 0 Å². The molecule has 4 nitrogen and oxygen atoms in total. The van der Waals surface area contributed by atoms with Crippen LogP contribution >= 0.6 is 34.8 Å². The van der Waals surface area contributed by atoms with E-state index in [-0.39, 0.29) is 10.9 Å². The Morgan fingerprint density at radius 1 is 0.963 bits per heavy atom. The third-order valence-corrected chi connectivity index (χ3v) is 4.97.